The molecular formula is C11H23NO3. The number of likely N-dealkylation sites (tertiary alicyclic amines) is 1. The Morgan fingerprint density at radius 2 is 2.20 bits per heavy atom. The molecule has 1 N–H and O–H groups in total. The summed E-state index contributed by atoms with van der Waals surface area (Å²) in [5.74, 6) is 0.0880. The van der Waals surface area contributed by atoms with E-state index in [0.29, 0.717) is 39.1 Å². The van der Waals surface area contributed by atoms with Gasteiger partial charge >= 0.3 is 0 Å². The summed E-state index contributed by atoms with van der Waals surface area (Å²) in [5.41, 5.74) is 0. The second kappa shape index (κ2) is 8.68. The molecule has 1 amide bonds. The highest BCUT2D eigenvalue weighted by Crippen LogP contribution is 2.09. The SMILES string of the molecule is CC.CCOCCC(=O)N1CCC(O)C1. The molecule has 1 heterocycles. The van der Waals surface area contributed by atoms with Crippen LogP contribution in [0.2, 0.25) is 0 Å². The maximum absolute atomic E-state index is 11.4. The van der Waals surface area contributed by atoms with Crippen molar-refractivity contribution in [2.75, 3.05) is 26.3 Å². The molecule has 15 heavy (non-hydrogen) atoms. The molecule has 1 unspecified atom stereocenters. The van der Waals surface area contributed by atoms with Gasteiger partial charge in [-0.3, -0.25) is 4.79 Å². The van der Waals surface area contributed by atoms with Crippen molar-refractivity contribution in [1.82, 2.24) is 4.90 Å². The Kier molecular flexibility index (Phi) is 8.33. The maximum Gasteiger partial charge on any atom is 0.224 e. The Hall–Kier alpha value is -0.610. The molecule has 90 valence electrons. The molecular weight excluding hydrogens is 194 g/mol. The van der Waals surface area contributed by atoms with Crippen molar-refractivity contribution in [2.45, 2.75) is 39.7 Å². The number of aliphatic hydroxyl groups excluding tert-OH is 1. The van der Waals surface area contributed by atoms with Crippen LogP contribution in [0, 0.1) is 0 Å². The number of aliphatic hydroxyl groups is 1. The van der Waals surface area contributed by atoms with E-state index < -0.39 is 0 Å². The normalized spacial score (nSPS) is 19.7. The minimum absolute atomic E-state index is 0.0880. The smallest absolute Gasteiger partial charge is 0.224 e. The molecule has 1 aliphatic rings. The Bertz CT molecular complexity index is 173. The number of hydrogen-bond acceptors (Lipinski definition) is 3. The van der Waals surface area contributed by atoms with Crippen LogP contribution in [0.1, 0.15) is 33.6 Å². The van der Waals surface area contributed by atoms with Crippen LogP contribution in [0.15, 0.2) is 0 Å². The molecule has 4 nitrogen and oxygen atoms in total. The first-order valence-corrected chi connectivity index (χ1v) is 5.77. The first-order valence-electron chi connectivity index (χ1n) is 5.77. The summed E-state index contributed by atoms with van der Waals surface area (Å²) in [7, 11) is 0. The number of amides is 1. The molecule has 1 aliphatic heterocycles. The van der Waals surface area contributed by atoms with Gasteiger partial charge in [0.25, 0.3) is 0 Å². The van der Waals surface area contributed by atoms with Crippen molar-refractivity contribution in [3.8, 4) is 0 Å². The molecule has 0 aromatic rings. The van der Waals surface area contributed by atoms with E-state index in [4.69, 9.17) is 4.74 Å². The van der Waals surface area contributed by atoms with Crippen LogP contribution in [-0.4, -0.2) is 48.3 Å². The fourth-order valence-electron chi connectivity index (χ4n) is 1.43. The fraction of sp³-hybridized carbons (Fsp3) is 0.909. The molecule has 0 spiro atoms. The number of rotatable bonds is 4. The van der Waals surface area contributed by atoms with E-state index in [0.717, 1.165) is 0 Å². The minimum Gasteiger partial charge on any atom is -0.391 e. The van der Waals surface area contributed by atoms with Crippen LogP contribution in [0.25, 0.3) is 0 Å². The predicted molar refractivity (Wildman–Crippen MR) is 59.7 cm³/mol. The van der Waals surface area contributed by atoms with Crippen molar-refractivity contribution in [1.29, 1.82) is 0 Å². The third kappa shape index (κ3) is 5.74. The highest BCUT2D eigenvalue weighted by atomic mass is 16.5. The standard InChI is InChI=1S/C9H17NO3.C2H6/c1-2-13-6-4-9(12)10-5-3-8(11)7-10;1-2/h8,11H,2-7H2,1H3;1-2H3. The van der Waals surface area contributed by atoms with Gasteiger partial charge in [-0.1, -0.05) is 13.8 Å². The molecule has 0 radical (unpaired) electrons. The summed E-state index contributed by atoms with van der Waals surface area (Å²) in [6, 6.07) is 0. The summed E-state index contributed by atoms with van der Waals surface area (Å²) in [6.07, 6.45) is 0.817. The number of carbonyl (C=O) groups is 1. The van der Waals surface area contributed by atoms with Crippen LogP contribution in [-0.2, 0) is 9.53 Å². The van der Waals surface area contributed by atoms with E-state index in [1.165, 1.54) is 0 Å². The molecule has 1 rings (SSSR count). The van der Waals surface area contributed by atoms with Crippen LogP contribution in [0.3, 0.4) is 0 Å². The average molecular weight is 217 g/mol. The monoisotopic (exact) mass is 217 g/mol. The molecule has 0 aliphatic carbocycles. The summed E-state index contributed by atoms with van der Waals surface area (Å²) >= 11 is 0. The lowest BCUT2D eigenvalue weighted by Gasteiger charge is -2.14. The minimum atomic E-state index is -0.323. The summed E-state index contributed by atoms with van der Waals surface area (Å²) in [4.78, 5) is 13.1. The Morgan fingerprint density at radius 1 is 1.53 bits per heavy atom. The van der Waals surface area contributed by atoms with Gasteiger partial charge in [-0.2, -0.15) is 0 Å². The predicted octanol–water partition coefficient (Wildman–Crippen LogP) is 1.03. The first-order chi connectivity index (χ1) is 7.24. The van der Waals surface area contributed by atoms with Gasteiger partial charge in [0.15, 0.2) is 0 Å². The van der Waals surface area contributed by atoms with Gasteiger partial charge in [0.1, 0.15) is 0 Å². The van der Waals surface area contributed by atoms with Gasteiger partial charge in [0.05, 0.1) is 19.1 Å². The number of hydrogen-bond donors (Lipinski definition) is 1. The van der Waals surface area contributed by atoms with Crippen molar-refractivity contribution >= 4 is 5.91 Å². The van der Waals surface area contributed by atoms with Gasteiger partial charge in [-0.25, -0.2) is 0 Å². The number of nitrogens with zero attached hydrogens (tertiary/aromatic N) is 1. The lowest BCUT2D eigenvalue weighted by Crippen LogP contribution is -2.30. The molecule has 1 saturated heterocycles. The molecule has 4 heteroatoms. The van der Waals surface area contributed by atoms with Crippen molar-refractivity contribution in [3.05, 3.63) is 0 Å². The largest absolute Gasteiger partial charge is 0.391 e. The van der Waals surface area contributed by atoms with Crippen molar-refractivity contribution in [3.63, 3.8) is 0 Å². The second-order valence-electron chi connectivity index (χ2n) is 3.23. The summed E-state index contributed by atoms with van der Waals surface area (Å²) in [5, 5.41) is 9.19. The Balaban J connectivity index is 0.000000921. The Morgan fingerprint density at radius 3 is 2.67 bits per heavy atom. The summed E-state index contributed by atoms with van der Waals surface area (Å²) < 4.78 is 5.08. The highest BCUT2D eigenvalue weighted by molar-refractivity contribution is 5.76. The van der Waals surface area contributed by atoms with Gasteiger partial charge in [-0.05, 0) is 13.3 Å². The first kappa shape index (κ1) is 14.4. The van der Waals surface area contributed by atoms with Gasteiger partial charge in [0.2, 0.25) is 5.91 Å². The number of β-amino-alcohol motifs (C(OH)–C–C–N with tert-alkyl or cyclic N) is 1. The zero-order valence-corrected chi connectivity index (χ0v) is 10.0. The van der Waals surface area contributed by atoms with Gasteiger partial charge in [-0.15, -0.1) is 0 Å². The molecule has 0 saturated carbocycles. The van der Waals surface area contributed by atoms with E-state index in [1.807, 2.05) is 20.8 Å². The Labute approximate surface area is 92.2 Å². The van der Waals surface area contributed by atoms with E-state index in [1.54, 1.807) is 4.90 Å². The summed E-state index contributed by atoms with van der Waals surface area (Å²) in [6.45, 7) is 8.22. The van der Waals surface area contributed by atoms with Gasteiger partial charge < -0.3 is 14.7 Å². The van der Waals surface area contributed by atoms with Gasteiger partial charge in [0, 0.05) is 19.7 Å². The van der Waals surface area contributed by atoms with Crippen LogP contribution >= 0.6 is 0 Å². The van der Waals surface area contributed by atoms with Crippen LogP contribution in [0.4, 0.5) is 0 Å². The van der Waals surface area contributed by atoms with E-state index in [2.05, 4.69) is 0 Å². The highest BCUT2D eigenvalue weighted by Gasteiger charge is 2.23. The number of carbonyl (C=O) groups excluding carboxylic acids is 1. The molecule has 1 atom stereocenters. The quantitative estimate of drug-likeness (QED) is 0.716. The van der Waals surface area contributed by atoms with Crippen molar-refractivity contribution in [2.24, 2.45) is 0 Å². The average Bonchev–Trinajstić information content (AvgIpc) is 2.68. The fourth-order valence-corrected chi connectivity index (χ4v) is 1.43. The maximum atomic E-state index is 11.4. The van der Waals surface area contributed by atoms with E-state index >= 15 is 0 Å². The van der Waals surface area contributed by atoms with E-state index in [-0.39, 0.29) is 12.0 Å². The molecule has 0 aromatic heterocycles. The third-order valence-electron chi connectivity index (χ3n) is 2.18. The van der Waals surface area contributed by atoms with Crippen molar-refractivity contribution < 1.29 is 14.6 Å². The molecule has 1 fully saturated rings. The topological polar surface area (TPSA) is 49.8 Å². The van der Waals surface area contributed by atoms with Crippen LogP contribution < -0.4 is 0 Å². The zero-order valence-electron chi connectivity index (χ0n) is 10.0. The lowest BCUT2D eigenvalue weighted by atomic mass is 10.3. The third-order valence-corrected chi connectivity index (χ3v) is 2.18. The zero-order chi connectivity index (χ0) is 11.7. The molecule has 0 bridgehead atoms. The lowest BCUT2D eigenvalue weighted by molar-refractivity contribution is -0.131. The van der Waals surface area contributed by atoms with E-state index in [9.17, 15) is 9.90 Å². The second-order valence-corrected chi connectivity index (χ2v) is 3.23. The molecule has 0 aromatic carbocycles. The number of ether oxygens (including phenoxy) is 1. The van der Waals surface area contributed by atoms with Crippen LogP contribution in [0.5, 0.6) is 0 Å².